The highest BCUT2D eigenvalue weighted by atomic mass is 35.5. The van der Waals surface area contributed by atoms with Gasteiger partial charge in [0.25, 0.3) is 0 Å². The van der Waals surface area contributed by atoms with Crippen molar-refractivity contribution in [1.82, 2.24) is 10.2 Å². The molecule has 2 aliphatic heterocycles. The molecule has 0 saturated carbocycles. The van der Waals surface area contributed by atoms with Crippen molar-refractivity contribution < 1.29 is 4.39 Å². The number of piperidine rings is 1. The Morgan fingerprint density at radius 1 is 1.25 bits per heavy atom. The lowest BCUT2D eigenvalue weighted by molar-refractivity contribution is 0.157. The molecule has 2 saturated heterocycles. The fourth-order valence-corrected chi connectivity index (χ4v) is 3.71. The van der Waals surface area contributed by atoms with Gasteiger partial charge in [0.15, 0.2) is 0 Å². The van der Waals surface area contributed by atoms with Crippen molar-refractivity contribution in [1.29, 1.82) is 0 Å². The number of nitrogens with zero attached hydrogens (tertiary/aromatic N) is 1. The van der Waals surface area contributed by atoms with Crippen LogP contribution in [-0.2, 0) is 6.54 Å². The molecule has 4 heteroatoms. The molecule has 0 bridgehead atoms. The number of hydrogen-bond donors (Lipinski definition) is 1. The van der Waals surface area contributed by atoms with Crippen LogP contribution in [0.1, 0.15) is 31.2 Å². The Morgan fingerprint density at radius 3 is 2.75 bits per heavy atom. The zero-order valence-corrected chi connectivity index (χ0v) is 12.5. The summed E-state index contributed by atoms with van der Waals surface area (Å²) in [4.78, 5) is 2.39. The smallest absolute Gasteiger partial charge is 0.123 e. The van der Waals surface area contributed by atoms with Crippen LogP contribution in [0.2, 0.25) is 5.02 Å². The number of rotatable bonds is 3. The van der Waals surface area contributed by atoms with Crippen molar-refractivity contribution in [3.63, 3.8) is 0 Å². The van der Waals surface area contributed by atoms with Gasteiger partial charge in [-0.25, -0.2) is 4.39 Å². The predicted octanol–water partition coefficient (Wildman–Crippen LogP) is 3.44. The first-order valence-electron chi connectivity index (χ1n) is 7.62. The molecule has 2 aliphatic rings. The topological polar surface area (TPSA) is 15.3 Å². The third kappa shape index (κ3) is 3.33. The molecule has 1 aromatic rings. The quantitative estimate of drug-likeness (QED) is 0.919. The molecule has 0 spiro atoms. The van der Waals surface area contributed by atoms with E-state index < -0.39 is 0 Å². The summed E-state index contributed by atoms with van der Waals surface area (Å²) in [5.74, 6) is 0.617. The second kappa shape index (κ2) is 6.42. The van der Waals surface area contributed by atoms with Crippen molar-refractivity contribution in [2.24, 2.45) is 5.92 Å². The van der Waals surface area contributed by atoms with Crippen LogP contribution in [0.3, 0.4) is 0 Å². The van der Waals surface area contributed by atoms with E-state index in [-0.39, 0.29) is 5.82 Å². The van der Waals surface area contributed by atoms with E-state index in [0.29, 0.717) is 5.02 Å². The van der Waals surface area contributed by atoms with Gasteiger partial charge in [-0.3, -0.25) is 4.90 Å². The predicted molar refractivity (Wildman–Crippen MR) is 80.4 cm³/mol. The Bertz CT molecular complexity index is 452. The molecular formula is C16H22ClFN2. The van der Waals surface area contributed by atoms with Gasteiger partial charge in [0.1, 0.15) is 5.82 Å². The molecule has 2 heterocycles. The Morgan fingerprint density at radius 2 is 2.05 bits per heavy atom. The van der Waals surface area contributed by atoms with Crippen LogP contribution < -0.4 is 5.32 Å². The van der Waals surface area contributed by atoms with E-state index in [4.69, 9.17) is 11.6 Å². The van der Waals surface area contributed by atoms with E-state index >= 15 is 0 Å². The molecule has 3 rings (SSSR count). The zero-order valence-electron chi connectivity index (χ0n) is 11.7. The van der Waals surface area contributed by atoms with Gasteiger partial charge < -0.3 is 5.32 Å². The van der Waals surface area contributed by atoms with Crippen LogP contribution in [0, 0.1) is 11.7 Å². The van der Waals surface area contributed by atoms with E-state index in [1.165, 1.54) is 38.3 Å². The van der Waals surface area contributed by atoms with Gasteiger partial charge in [0.05, 0.1) is 0 Å². The van der Waals surface area contributed by atoms with Crippen molar-refractivity contribution in [3.05, 3.63) is 34.6 Å². The molecule has 0 aliphatic carbocycles. The van der Waals surface area contributed by atoms with Gasteiger partial charge in [0.2, 0.25) is 0 Å². The third-order valence-corrected chi connectivity index (χ3v) is 5.07. The maximum atomic E-state index is 13.3. The molecule has 20 heavy (non-hydrogen) atoms. The standard InChI is InChI=1S/C16H22ClFN2/c17-15-4-3-14(18)10-13(15)11-20-8-5-12(6-9-20)16-2-1-7-19-16/h3-4,10,12,16,19H,1-2,5-9,11H2. The van der Waals surface area contributed by atoms with Crippen LogP contribution in [-0.4, -0.2) is 30.6 Å². The summed E-state index contributed by atoms with van der Waals surface area (Å²) in [7, 11) is 0. The second-order valence-corrected chi connectivity index (χ2v) is 6.46. The molecule has 0 amide bonds. The lowest BCUT2D eigenvalue weighted by atomic mass is 9.88. The van der Waals surface area contributed by atoms with Crippen LogP contribution >= 0.6 is 11.6 Å². The summed E-state index contributed by atoms with van der Waals surface area (Å²) >= 11 is 6.14. The first kappa shape index (κ1) is 14.3. The van der Waals surface area contributed by atoms with Gasteiger partial charge in [-0.05, 0) is 75.0 Å². The molecule has 1 atom stereocenters. The SMILES string of the molecule is Fc1ccc(Cl)c(CN2CCC(C3CCCN3)CC2)c1. The average molecular weight is 297 g/mol. The van der Waals surface area contributed by atoms with Gasteiger partial charge in [-0.1, -0.05) is 11.6 Å². The monoisotopic (exact) mass is 296 g/mol. The summed E-state index contributed by atoms with van der Waals surface area (Å²) in [6.07, 6.45) is 5.14. The summed E-state index contributed by atoms with van der Waals surface area (Å²) in [5.41, 5.74) is 0.907. The molecule has 1 aromatic carbocycles. The number of likely N-dealkylation sites (tertiary alicyclic amines) is 1. The summed E-state index contributed by atoms with van der Waals surface area (Å²) in [6.45, 7) is 4.14. The Balaban J connectivity index is 1.54. The third-order valence-electron chi connectivity index (χ3n) is 4.70. The van der Waals surface area contributed by atoms with E-state index in [0.717, 1.165) is 37.2 Å². The summed E-state index contributed by atoms with van der Waals surface area (Å²) in [6, 6.07) is 5.37. The maximum Gasteiger partial charge on any atom is 0.123 e. The van der Waals surface area contributed by atoms with Crippen LogP contribution in [0.15, 0.2) is 18.2 Å². The Kier molecular flexibility index (Phi) is 4.59. The number of hydrogen-bond acceptors (Lipinski definition) is 2. The minimum atomic E-state index is -0.200. The maximum absolute atomic E-state index is 13.3. The fraction of sp³-hybridized carbons (Fsp3) is 0.625. The van der Waals surface area contributed by atoms with Gasteiger partial charge >= 0.3 is 0 Å². The van der Waals surface area contributed by atoms with Crippen molar-refractivity contribution in [2.45, 2.75) is 38.3 Å². The minimum Gasteiger partial charge on any atom is -0.314 e. The normalized spacial score (nSPS) is 25.2. The molecule has 1 unspecified atom stereocenters. The van der Waals surface area contributed by atoms with E-state index in [9.17, 15) is 4.39 Å². The van der Waals surface area contributed by atoms with Crippen LogP contribution in [0.5, 0.6) is 0 Å². The van der Waals surface area contributed by atoms with E-state index in [1.807, 2.05) is 0 Å². The molecule has 2 nitrogen and oxygen atoms in total. The molecular weight excluding hydrogens is 275 g/mol. The highest BCUT2D eigenvalue weighted by Crippen LogP contribution is 2.27. The molecule has 1 N–H and O–H groups in total. The first-order valence-corrected chi connectivity index (χ1v) is 8.00. The zero-order chi connectivity index (χ0) is 13.9. The highest BCUT2D eigenvalue weighted by Gasteiger charge is 2.28. The molecule has 2 fully saturated rings. The fourth-order valence-electron chi connectivity index (χ4n) is 3.53. The average Bonchev–Trinajstić information content (AvgIpc) is 2.98. The van der Waals surface area contributed by atoms with Crippen LogP contribution in [0.4, 0.5) is 4.39 Å². The van der Waals surface area contributed by atoms with Crippen molar-refractivity contribution in [2.75, 3.05) is 19.6 Å². The highest BCUT2D eigenvalue weighted by molar-refractivity contribution is 6.31. The lowest BCUT2D eigenvalue weighted by Crippen LogP contribution is -2.40. The molecule has 0 aromatic heterocycles. The molecule has 110 valence electrons. The van der Waals surface area contributed by atoms with Gasteiger partial charge in [0, 0.05) is 17.6 Å². The molecule has 0 radical (unpaired) electrons. The Hall–Kier alpha value is -0.640. The van der Waals surface area contributed by atoms with Gasteiger partial charge in [-0.15, -0.1) is 0 Å². The summed E-state index contributed by atoms with van der Waals surface area (Å²) < 4.78 is 13.3. The Labute approximate surface area is 125 Å². The van der Waals surface area contributed by atoms with Crippen LogP contribution in [0.25, 0.3) is 0 Å². The van der Waals surface area contributed by atoms with Crippen molar-refractivity contribution >= 4 is 11.6 Å². The lowest BCUT2D eigenvalue weighted by Gasteiger charge is -2.35. The van der Waals surface area contributed by atoms with E-state index in [2.05, 4.69) is 10.2 Å². The largest absolute Gasteiger partial charge is 0.314 e. The van der Waals surface area contributed by atoms with Gasteiger partial charge in [-0.2, -0.15) is 0 Å². The number of benzene rings is 1. The summed E-state index contributed by atoms with van der Waals surface area (Å²) in [5, 5.41) is 4.29. The minimum absolute atomic E-state index is 0.200. The second-order valence-electron chi connectivity index (χ2n) is 6.05. The van der Waals surface area contributed by atoms with Crippen molar-refractivity contribution in [3.8, 4) is 0 Å². The number of halogens is 2. The number of nitrogens with one attached hydrogen (secondary N) is 1. The first-order chi connectivity index (χ1) is 9.72. The van der Waals surface area contributed by atoms with E-state index in [1.54, 1.807) is 12.1 Å².